The lowest BCUT2D eigenvalue weighted by Gasteiger charge is -2.07. The summed E-state index contributed by atoms with van der Waals surface area (Å²) < 4.78 is 11.2. The van der Waals surface area contributed by atoms with Crippen molar-refractivity contribution in [3.8, 4) is 17.2 Å². The molecule has 0 spiro atoms. The van der Waals surface area contributed by atoms with Crippen molar-refractivity contribution >= 4 is 23.2 Å². The van der Waals surface area contributed by atoms with Gasteiger partial charge in [-0.2, -0.15) is 0 Å². The van der Waals surface area contributed by atoms with Crippen molar-refractivity contribution in [3.05, 3.63) is 64.0 Å². The van der Waals surface area contributed by atoms with E-state index < -0.39 is 0 Å². The average molecular weight is 335 g/mol. The van der Waals surface area contributed by atoms with Gasteiger partial charge in [0.2, 0.25) is 5.89 Å². The third-order valence-electron chi connectivity index (χ3n) is 3.10. The second kappa shape index (κ2) is 6.38. The van der Waals surface area contributed by atoms with Crippen molar-refractivity contribution in [2.75, 3.05) is 0 Å². The summed E-state index contributed by atoms with van der Waals surface area (Å²) in [5.74, 6) is 1.22. The van der Waals surface area contributed by atoms with Gasteiger partial charge in [0, 0.05) is 5.56 Å². The predicted octanol–water partition coefficient (Wildman–Crippen LogP) is 4.93. The molecule has 0 N–H and O–H groups in total. The minimum absolute atomic E-state index is 0.0995. The molecular formula is C16H12Cl2N2O2. The number of hydrogen-bond acceptors (Lipinski definition) is 4. The summed E-state index contributed by atoms with van der Waals surface area (Å²) in [6.45, 7) is 2.08. The van der Waals surface area contributed by atoms with Crippen molar-refractivity contribution in [3.63, 3.8) is 0 Å². The fourth-order valence-electron chi connectivity index (χ4n) is 1.99. The molecule has 0 aliphatic heterocycles. The van der Waals surface area contributed by atoms with Crippen LogP contribution in [0.4, 0.5) is 0 Å². The molecule has 6 heteroatoms. The van der Waals surface area contributed by atoms with Crippen LogP contribution in [0.15, 0.2) is 46.9 Å². The van der Waals surface area contributed by atoms with Gasteiger partial charge in [-0.1, -0.05) is 47.5 Å². The zero-order valence-corrected chi connectivity index (χ0v) is 13.2. The summed E-state index contributed by atoms with van der Waals surface area (Å²) in [7, 11) is 0. The summed E-state index contributed by atoms with van der Waals surface area (Å²) in [4.78, 5) is 0. The Labute approximate surface area is 137 Å². The molecule has 3 aromatic rings. The van der Waals surface area contributed by atoms with Crippen molar-refractivity contribution in [1.29, 1.82) is 0 Å². The van der Waals surface area contributed by atoms with Gasteiger partial charge in [-0.15, -0.1) is 10.2 Å². The SMILES string of the molecule is Cc1ccccc1-c1nnc(COc2c(Cl)cccc2Cl)o1. The van der Waals surface area contributed by atoms with E-state index in [0.29, 0.717) is 27.6 Å². The van der Waals surface area contributed by atoms with E-state index in [-0.39, 0.29) is 6.61 Å². The number of aromatic nitrogens is 2. The first-order valence-electron chi connectivity index (χ1n) is 6.60. The van der Waals surface area contributed by atoms with E-state index in [1.54, 1.807) is 18.2 Å². The number of hydrogen-bond donors (Lipinski definition) is 0. The lowest BCUT2D eigenvalue weighted by molar-refractivity contribution is 0.265. The Balaban J connectivity index is 1.77. The number of halogens is 2. The van der Waals surface area contributed by atoms with Crippen LogP contribution in [0.3, 0.4) is 0 Å². The Hall–Kier alpha value is -2.04. The lowest BCUT2D eigenvalue weighted by atomic mass is 10.1. The van der Waals surface area contributed by atoms with Gasteiger partial charge in [-0.25, -0.2) is 0 Å². The van der Waals surface area contributed by atoms with Crippen LogP contribution in [0.2, 0.25) is 10.0 Å². The molecule has 3 rings (SSSR count). The van der Waals surface area contributed by atoms with E-state index in [1.165, 1.54) is 0 Å². The lowest BCUT2D eigenvalue weighted by Crippen LogP contribution is -1.96. The van der Waals surface area contributed by atoms with Gasteiger partial charge >= 0.3 is 0 Å². The molecule has 0 fully saturated rings. The van der Waals surface area contributed by atoms with Gasteiger partial charge in [-0.05, 0) is 30.7 Å². The van der Waals surface area contributed by atoms with Crippen LogP contribution in [0, 0.1) is 6.92 Å². The van der Waals surface area contributed by atoms with Crippen LogP contribution in [0.1, 0.15) is 11.5 Å². The van der Waals surface area contributed by atoms with E-state index in [4.69, 9.17) is 32.4 Å². The van der Waals surface area contributed by atoms with Gasteiger partial charge in [0.15, 0.2) is 12.4 Å². The fraction of sp³-hybridized carbons (Fsp3) is 0.125. The first kappa shape index (κ1) is 14.9. The van der Waals surface area contributed by atoms with Gasteiger partial charge in [0.25, 0.3) is 5.89 Å². The molecule has 0 saturated heterocycles. The number of ether oxygens (including phenoxy) is 1. The molecule has 0 amide bonds. The minimum atomic E-state index is 0.0995. The molecule has 0 saturated carbocycles. The molecule has 0 unspecified atom stereocenters. The topological polar surface area (TPSA) is 48.2 Å². The smallest absolute Gasteiger partial charge is 0.254 e. The third kappa shape index (κ3) is 3.08. The Morgan fingerprint density at radius 1 is 1.00 bits per heavy atom. The number of benzene rings is 2. The van der Waals surface area contributed by atoms with E-state index >= 15 is 0 Å². The summed E-state index contributed by atoms with van der Waals surface area (Å²) >= 11 is 12.1. The summed E-state index contributed by atoms with van der Waals surface area (Å²) in [6, 6.07) is 13.0. The van der Waals surface area contributed by atoms with Crippen molar-refractivity contribution in [2.24, 2.45) is 0 Å². The van der Waals surface area contributed by atoms with Crippen LogP contribution in [0.25, 0.3) is 11.5 Å². The van der Waals surface area contributed by atoms with E-state index in [9.17, 15) is 0 Å². The Morgan fingerprint density at radius 2 is 1.73 bits per heavy atom. The van der Waals surface area contributed by atoms with E-state index in [1.807, 2.05) is 31.2 Å². The number of para-hydroxylation sites is 1. The molecule has 2 aromatic carbocycles. The van der Waals surface area contributed by atoms with Gasteiger partial charge in [0.05, 0.1) is 10.0 Å². The zero-order valence-electron chi connectivity index (χ0n) is 11.7. The predicted molar refractivity (Wildman–Crippen MR) is 85.3 cm³/mol. The zero-order chi connectivity index (χ0) is 15.5. The van der Waals surface area contributed by atoms with Crippen molar-refractivity contribution in [2.45, 2.75) is 13.5 Å². The van der Waals surface area contributed by atoms with Crippen molar-refractivity contribution < 1.29 is 9.15 Å². The van der Waals surface area contributed by atoms with Gasteiger partial charge in [0.1, 0.15) is 0 Å². The molecule has 112 valence electrons. The number of aryl methyl sites for hydroxylation is 1. The molecular weight excluding hydrogens is 323 g/mol. The van der Waals surface area contributed by atoms with Gasteiger partial charge in [-0.3, -0.25) is 0 Å². The Bertz CT molecular complexity index is 782. The molecule has 0 aliphatic rings. The Morgan fingerprint density at radius 3 is 2.45 bits per heavy atom. The summed E-state index contributed by atoms with van der Waals surface area (Å²) in [5, 5.41) is 8.89. The largest absolute Gasteiger partial charge is 0.481 e. The highest BCUT2D eigenvalue weighted by molar-refractivity contribution is 6.37. The van der Waals surface area contributed by atoms with Crippen LogP contribution < -0.4 is 4.74 Å². The fourth-order valence-corrected chi connectivity index (χ4v) is 2.49. The standard InChI is InChI=1S/C16H12Cl2N2O2/c1-10-5-2-3-6-11(10)16-20-19-14(22-16)9-21-15-12(17)7-4-8-13(15)18/h2-8H,9H2,1H3. The molecule has 0 atom stereocenters. The second-order valence-electron chi connectivity index (χ2n) is 4.66. The highest BCUT2D eigenvalue weighted by Crippen LogP contribution is 2.33. The molecule has 0 bridgehead atoms. The molecule has 22 heavy (non-hydrogen) atoms. The molecule has 0 radical (unpaired) electrons. The maximum atomic E-state index is 6.04. The molecule has 4 nitrogen and oxygen atoms in total. The van der Waals surface area contributed by atoms with E-state index in [2.05, 4.69) is 10.2 Å². The molecule has 1 aromatic heterocycles. The monoisotopic (exact) mass is 334 g/mol. The molecule has 0 aliphatic carbocycles. The summed E-state index contributed by atoms with van der Waals surface area (Å²) in [5.41, 5.74) is 1.96. The third-order valence-corrected chi connectivity index (χ3v) is 3.70. The summed E-state index contributed by atoms with van der Waals surface area (Å²) in [6.07, 6.45) is 0. The van der Waals surface area contributed by atoms with Crippen LogP contribution in [0.5, 0.6) is 5.75 Å². The van der Waals surface area contributed by atoms with Gasteiger partial charge < -0.3 is 9.15 Å². The van der Waals surface area contributed by atoms with Crippen LogP contribution in [-0.2, 0) is 6.61 Å². The van der Waals surface area contributed by atoms with E-state index in [0.717, 1.165) is 11.1 Å². The van der Waals surface area contributed by atoms with Crippen molar-refractivity contribution in [1.82, 2.24) is 10.2 Å². The number of rotatable bonds is 4. The second-order valence-corrected chi connectivity index (χ2v) is 5.47. The average Bonchev–Trinajstić information content (AvgIpc) is 2.96. The van der Waals surface area contributed by atoms with Crippen LogP contribution in [-0.4, -0.2) is 10.2 Å². The Kier molecular flexibility index (Phi) is 4.32. The number of nitrogens with zero attached hydrogens (tertiary/aromatic N) is 2. The first-order chi connectivity index (χ1) is 10.6. The normalized spacial score (nSPS) is 10.7. The highest BCUT2D eigenvalue weighted by atomic mass is 35.5. The maximum Gasteiger partial charge on any atom is 0.254 e. The molecule has 1 heterocycles. The quantitative estimate of drug-likeness (QED) is 0.678. The maximum absolute atomic E-state index is 6.04. The highest BCUT2D eigenvalue weighted by Gasteiger charge is 2.13. The van der Waals surface area contributed by atoms with Crippen LogP contribution >= 0.6 is 23.2 Å². The minimum Gasteiger partial charge on any atom is -0.481 e. The first-order valence-corrected chi connectivity index (χ1v) is 7.36.